The lowest BCUT2D eigenvalue weighted by atomic mass is 9.94. The van der Waals surface area contributed by atoms with Crippen molar-refractivity contribution < 1.29 is 8.42 Å². The Morgan fingerprint density at radius 3 is 2.53 bits per heavy atom. The Hall–Kier alpha value is -1.14. The zero-order chi connectivity index (χ0) is 12.5. The highest BCUT2D eigenvalue weighted by atomic mass is 32.2. The first-order chi connectivity index (χ1) is 8.05. The van der Waals surface area contributed by atoms with Crippen LogP contribution in [-0.4, -0.2) is 37.8 Å². The number of aromatic nitrogens is 1. The van der Waals surface area contributed by atoms with Gasteiger partial charge in [-0.05, 0) is 25.0 Å². The van der Waals surface area contributed by atoms with Crippen LogP contribution in [0.5, 0.6) is 0 Å². The van der Waals surface area contributed by atoms with Crippen LogP contribution in [0, 0.1) is 0 Å². The summed E-state index contributed by atoms with van der Waals surface area (Å²) in [5.74, 6) is 0.662. The Bertz CT molecular complexity index is 480. The van der Waals surface area contributed by atoms with Crippen molar-refractivity contribution in [1.29, 1.82) is 0 Å². The van der Waals surface area contributed by atoms with Crippen LogP contribution in [0.3, 0.4) is 0 Å². The minimum Gasteiger partial charge on any atom is -0.373 e. The molecule has 0 amide bonds. The number of anilines is 1. The van der Waals surface area contributed by atoms with E-state index in [0.717, 1.165) is 19.3 Å². The molecule has 1 saturated carbocycles. The van der Waals surface area contributed by atoms with E-state index in [1.807, 2.05) is 0 Å². The summed E-state index contributed by atoms with van der Waals surface area (Å²) in [4.78, 5) is 4.29. The Balaban J connectivity index is 2.23. The molecule has 0 bridgehead atoms. The summed E-state index contributed by atoms with van der Waals surface area (Å²) in [5.41, 5.74) is 0. The van der Waals surface area contributed by atoms with Gasteiger partial charge in [0.15, 0.2) is 0 Å². The fourth-order valence-corrected chi connectivity index (χ4v) is 3.16. The molecular formula is C11H17N3O2S. The van der Waals surface area contributed by atoms with E-state index in [1.54, 1.807) is 26.2 Å². The van der Waals surface area contributed by atoms with Crippen LogP contribution in [0.2, 0.25) is 0 Å². The maximum absolute atomic E-state index is 12.2. The van der Waals surface area contributed by atoms with E-state index in [1.165, 1.54) is 10.5 Å². The molecule has 17 heavy (non-hydrogen) atoms. The van der Waals surface area contributed by atoms with Gasteiger partial charge in [-0.3, -0.25) is 0 Å². The molecule has 0 unspecified atom stereocenters. The van der Waals surface area contributed by atoms with E-state index in [9.17, 15) is 8.42 Å². The van der Waals surface area contributed by atoms with Gasteiger partial charge in [-0.1, -0.05) is 6.42 Å². The van der Waals surface area contributed by atoms with Crippen molar-refractivity contribution in [2.45, 2.75) is 30.2 Å². The second kappa shape index (κ2) is 4.62. The third kappa shape index (κ3) is 2.28. The average molecular weight is 255 g/mol. The fourth-order valence-electron chi connectivity index (χ4n) is 1.79. The van der Waals surface area contributed by atoms with E-state index in [2.05, 4.69) is 10.3 Å². The molecule has 94 valence electrons. The van der Waals surface area contributed by atoms with Crippen LogP contribution in [0.25, 0.3) is 0 Å². The summed E-state index contributed by atoms with van der Waals surface area (Å²) < 4.78 is 25.9. The molecule has 1 aromatic rings. The van der Waals surface area contributed by atoms with Gasteiger partial charge in [0.25, 0.3) is 0 Å². The van der Waals surface area contributed by atoms with Gasteiger partial charge in [0.05, 0.1) is 0 Å². The minimum atomic E-state index is -3.38. The Morgan fingerprint density at radius 1 is 1.41 bits per heavy atom. The molecule has 5 nitrogen and oxygen atoms in total. The molecule has 1 aliphatic rings. The second-order valence-electron chi connectivity index (χ2n) is 4.24. The standard InChI is InChI=1S/C11H17N3O2S/c1-12-11-7-6-10(8-13-11)17(15,16)14(2)9-4-3-5-9/h6-9H,3-5H2,1-2H3,(H,12,13). The van der Waals surface area contributed by atoms with Crippen LogP contribution in [0.1, 0.15) is 19.3 Å². The van der Waals surface area contributed by atoms with E-state index >= 15 is 0 Å². The molecule has 0 radical (unpaired) electrons. The lowest BCUT2D eigenvalue weighted by molar-refractivity contribution is 0.249. The number of nitrogens with one attached hydrogen (secondary N) is 1. The summed E-state index contributed by atoms with van der Waals surface area (Å²) in [6.45, 7) is 0. The first-order valence-electron chi connectivity index (χ1n) is 5.67. The Labute approximate surface area is 102 Å². The van der Waals surface area contributed by atoms with E-state index < -0.39 is 10.0 Å². The van der Waals surface area contributed by atoms with Crippen molar-refractivity contribution in [1.82, 2.24) is 9.29 Å². The number of sulfonamides is 1. The van der Waals surface area contributed by atoms with Crippen molar-refractivity contribution in [3.63, 3.8) is 0 Å². The molecular weight excluding hydrogens is 238 g/mol. The predicted octanol–water partition coefficient (Wildman–Crippen LogP) is 1.30. The van der Waals surface area contributed by atoms with Crippen molar-refractivity contribution in [2.75, 3.05) is 19.4 Å². The third-order valence-corrected chi connectivity index (χ3v) is 5.15. The quantitative estimate of drug-likeness (QED) is 0.880. The van der Waals surface area contributed by atoms with Gasteiger partial charge in [0.2, 0.25) is 10.0 Å². The SMILES string of the molecule is CNc1ccc(S(=O)(=O)N(C)C2CCC2)cn1. The van der Waals surface area contributed by atoms with Gasteiger partial charge in [-0.15, -0.1) is 0 Å². The zero-order valence-corrected chi connectivity index (χ0v) is 10.9. The molecule has 2 rings (SSSR count). The highest BCUT2D eigenvalue weighted by molar-refractivity contribution is 7.89. The van der Waals surface area contributed by atoms with Crippen LogP contribution >= 0.6 is 0 Å². The highest BCUT2D eigenvalue weighted by Crippen LogP contribution is 2.28. The zero-order valence-electron chi connectivity index (χ0n) is 10.0. The van der Waals surface area contributed by atoms with Gasteiger partial charge in [-0.25, -0.2) is 13.4 Å². The van der Waals surface area contributed by atoms with Crippen molar-refractivity contribution in [3.05, 3.63) is 18.3 Å². The number of pyridine rings is 1. The molecule has 0 aromatic carbocycles. The molecule has 1 fully saturated rings. The maximum atomic E-state index is 12.2. The number of nitrogens with zero attached hydrogens (tertiary/aromatic N) is 2. The molecule has 0 atom stereocenters. The largest absolute Gasteiger partial charge is 0.373 e. The van der Waals surface area contributed by atoms with Gasteiger partial charge < -0.3 is 5.32 Å². The average Bonchev–Trinajstić information content (AvgIpc) is 2.27. The second-order valence-corrected chi connectivity index (χ2v) is 6.23. The molecule has 0 spiro atoms. The third-order valence-electron chi connectivity index (χ3n) is 3.26. The summed E-state index contributed by atoms with van der Waals surface area (Å²) in [6.07, 6.45) is 4.42. The lowest BCUT2D eigenvalue weighted by Crippen LogP contribution is -2.41. The fraction of sp³-hybridized carbons (Fsp3) is 0.545. The maximum Gasteiger partial charge on any atom is 0.244 e. The van der Waals surface area contributed by atoms with E-state index in [4.69, 9.17) is 0 Å². The van der Waals surface area contributed by atoms with Crippen molar-refractivity contribution in [3.8, 4) is 0 Å². The van der Waals surface area contributed by atoms with Crippen molar-refractivity contribution >= 4 is 15.8 Å². The topological polar surface area (TPSA) is 62.3 Å². The van der Waals surface area contributed by atoms with Crippen LogP contribution in [0.15, 0.2) is 23.2 Å². The normalized spacial score (nSPS) is 16.9. The van der Waals surface area contributed by atoms with E-state index in [0.29, 0.717) is 5.82 Å². The monoisotopic (exact) mass is 255 g/mol. The minimum absolute atomic E-state index is 0.156. The summed E-state index contributed by atoms with van der Waals surface area (Å²) in [6, 6.07) is 3.41. The molecule has 1 heterocycles. The molecule has 0 saturated heterocycles. The van der Waals surface area contributed by atoms with Gasteiger partial charge in [0.1, 0.15) is 10.7 Å². The Morgan fingerprint density at radius 2 is 2.12 bits per heavy atom. The van der Waals surface area contributed by atoms with Crippen LogP contribution in [0.4, 0.5) is 5.82 Å². The lowest BCUT2D eigenvalue weighted by Gasteiger charge is -2.33. The van der Waals surface area contributed by atoms with Crippen LogP contribution in [-0.2, 0) is 10.0 Å². The molecule has 0 aliphatic heterocycles. The highest BCUT2D eigenvalue weighted by Gasteiger charge is 2.31. The Kier molecular flexibility index (Phi) is 3.35. The number of hydrogen-bond acceptors (Lipinski definition) is 4. The first kappa shape index (κ1) is 12.3. The van der Waals surface area contributed by atoms with Crippen LogP contribution < -0.4 is 5.32 Å². The smallest absolute Gasteiger partial charge is 0.244 e. The van der Waals surface area contributed by atoms with Crippen molar-refractivity contribution in [2.24, 2.45) is 0 Å². The summed E-state index contributed by atoms with van der Waals surface area (Å²) in [5, 5.41) is 2.86. The number of hydrogen-bond donors (Lipinski definition) is 1. The summed E-state index contributed by atoms with van der Waals surface area (Å²) >= 11 is 0. The molecule has 1 aliphatic carbocycles. The molecule has 1 N–H and O–H groups in total. The molecule has 1 aromatic heterocycles. The van der Waals surface area contributed by atoms with Gasteiger partial charge in [0, 0.05) is 26.3 Å². The first-order valence-corrected chi connectivity index (χ1v) is 7.11. The van der Waals surface area contributed by atoms with E-state index in [-0.39, 0.29) is 10.9 Å². The number of rotatable bonds is 4. The predicted molar refractivity (Wildman–Crippen MR) is 66.4 cm³/mol. The summed E-state index contributed by atoms with van der Waals surface area (Å²) in [7, 11) is 0.0100. The van der Waals surface area contributed by atoms with Gasteiger partial charge >= 0.3 is 0 Å². The molecule has 6 heteroatoms. The van der Waals surface area contributed by atoms with Gasteiger partial charge in [-0.2, -0.15) is 4.31 Å².